The summed E-state index contributed by atoms with van der Waals surface area (Å²) in [6.45, 7) is 4.34. The van der Waals surface area contributed by atoms with Crippen molar-refractivity contribution < 1.29 is 9.53 Å². The minimum absolute atomic E-state index is 0.160. The van der Waals surface area contributed by atoms with E-state index in [0.717, 1.165) is 43.3 Å². The fourth-order valence-electron chi connectivity index (χ4n) is 2.78. The summed E-state index contributed by atoms with van der Waals surface area (Å²) in [5.74, 6) is 1.51. The van der Waals surface area contributed by atoms with Crippen LogP contribution < -0.4 is 15.0 Å². The average Bonchev–Trinajstić information content (AvgIpc) is 2.67. The Kier molecular flexibility index (Phi) is 5.50. The monoisotopic (exact) mass is 340 g/mol. The number of hydrogen-bond donors (Lipinski definition) is 1. The van der Waals surface area contributed by atoms with Crippen LogP contribution >= 0.6 is 0 Å². The molecule has 1 fully saturated rings. The highest BCUT2D eigenvalue weighted by Crippen LogP contribution is 2.14. The maximum absolute atomic E-state index is 12.4. The molecule has 1 aromatic heterocycles. The van der Waals surface area contributed by atoms with Crippen molar-refractivity contribution in [3.05, 3.63) is 53.7 Å². The number of nitrogens with zero attached hydrogens (tertiary/aromatic N) is 3. The molecule has 0 saturated carbocycles. The number of methoxy groups -OCH3 is 1. The van der Waals surface area contributed by atoms with Gasteiger partial charge in [-0.25, -0.2) is 4.98 Å². The molecule has 0 aliphatic carbocycles. The third kappa shape index (κ3) is 4.48. The van der Waals surface area contributed by atoms with Crippen molar-refractivity contribution in [1.82, 2.24) is 15.2 Å². The summed E-state index contributed by atoms with van der Waals surface area (Å²) in [7, 11) is 3.75. The number of carbonyl (C=O) groups excluding carboxylic acids is 1. The lowest BCUT2D eigenvalue weighted by Gasteiger charge is -2.33. The van der Waals surface area contributed by atoms with Gasteiger partial charge >= 0.3 is 0 Å². The summed E-state index contributed by atoms with van der Waals surface area (Å²) in [5, 5.41) is 2.92. The summed E-state index contributed by atoms with van der Waals surface area (Å²) in [6, 6.07) is 13.2. The zero-order valence-corrected chi connectivity index (χ0v) is 14.7. The summed E-state index contributed by atoms with van der Waals surface area (Å²) in [6.07, 6.45) is 0. The number of pyridine rings is 1. The number of ether oxygens (including phenoxy) is 1. The highest BCUT2D eigenvalue weighted by atomic mass is 16.5. The second kappa shape index (κ2) is 7.98. The van der Waals surface area contributed by atoms with E-state index >= 15 is 0 Å². The first-order valence-electron chi connectivity index (χ1n) is 8.47. The van der Waals surface area contributed by atoms with E-state index in [9.17, 15) is 4.79 Å². The van der Waals surface area contributed by atoms with Crippen molar-refractivity contribution in [3.63, 3.8) is 0 Å². The Morgan fingerprint density at radius 3 is 2.52 bits per heavy atom. The number of hydrogen-bond acceptors (Lipinski definition) is 5. The molecule has 1 aliphatic rings. The van der Waals surface area contributed by atoms with Gasteiger partial charge in [-0.1, -0.05) is 18.2 Å². The minimum Gasteiger partial charge on any atom is -0.497 e. The van der Waals surface area contributed by atoms with Gasteiger partial charge in [-0.3, -0.25) is 4.79 Å². The molecule has 0 atom stereocenters. The van der Waals surface area contributed by atoms with Gasteiger partial charge in [0.1, 0.15) is 17.3 Å². The molecule has 6 heteroatoms. The van der Waals surface area contributed by atoms with E-state index in [1.165, 1.54) is 0 Å². The zero-order valence-electron chi connectivity index (χ0n) is 14.7. The molecule has 1 N–H and O–H groups in total. The van der Waals surface area contributed by atoms with Crippen LogP contribution in [0.15, 0.2) is 42.5 Å². The van der Waals surface area contributed by atoms with Gasteiger partial charge in [-0.15, -0.1) is 0 Å². The second-order valence-electron chi connectivity index (χ2n) is 6.20. The predicted molar refractivity (Wildman–Crippen MR) is 98.1 cm³/mol. The summed E-state index contributed by atoms with van der Waals surface area (Å²) in [5.41, 5.74) is 1.47. The molecule has 0 unspecified atom stereocenters. The van der Waals surface area contributed by atoms with Gasteiger partial charge in [0.25, 0.3) is 5.91 Å². The molecule has 1 amide bonds. The quantitative estimate of drug-likeness (QED) is 0.899. The van der Waals surface area contributed by atoms with Gasteiger partial charge in [0, 0.05) is 32.7 Å². The Balaban J connectivity index is 1.60. The van der Waals surface area contributed by atoms with Crippen LogP contribution in [0.2, 0.25) is 0 Å². The van der Waals surface area contributed by atoms with Crippen molar-refractivity contribution in [1.29, 1.82) is 0 Å². The normalized spacial score (nSPS) is 15.0. The predicted octanol–water partition coefficient (Wildman–Crippen LogP) is 1.77. The van der Waals surface area contributed by atoms with Crippen LogP contribution in [0, 0.1) is 0 Å². The number of rotatable bonds is 5. The third-order valence-electron chi connectivity index (χ3n) is 4.41. The topological polar surface area (TPSA) is 57.7 Å². The number of piperazine rings is 1. The fourth-order valence-corrected chi connectivity index (χ4v) is 2.78. The lowest BCUT2D eigenvalue weighted by molar-refractivity contribution is 0.0946. The van der Waals surface area contributed by atoms with E-state index < -0.39 is 0 Å². The number of anilines is 1. The Labute approximate surface area is 148 Å². The molecular weight excluding hydrogens is 316 g/mol. The van der Waals surface area contributed by atoms with Crippen molar-refractivity contribution >= 4 is 11.7 Å². The van der Waals surface area contributed by atoms with Gasteiger partial charge in [-0.2, -0.15) is 0 Å². The fraction of sp³-hybridized carbons (Fsp3) is 0.368. The number of aromatic nitrogens is 1. The van der Waals surface area contributed by atoms with E-state index in [1.807, 2.05) is 36.4 Å². The Morgan fingerprint density at radius 1 is 1.12 bits per heavy atom. The number of amides is 1. The molecule has 6 nitrogen and oxygen atoms in total. The minimum atomic E-state index is -0.160. The molecule has 1 aliphatic heterocycles. The van der Waals surface area contributed by atoms with Crippen LogP contribution in [0.1, 0.15) is 16.1 Å². The first-order valence-corrected chi connectivity index (χ1v) is 8.47. The third-order valence-corrected chi connectivity index (χ3v) is 4.41. The second-order valence-corrected chi connectivity index (χ2v) is 6.20. The van der Waals surface area contributed by atoms with Crippen molar-refractivity contribution in [3.8, 4) is 5.75 Å². The van der Waals surface area contributed by atoms with Gasteiger partial charge in [0.2, 0.25) is 0 Å². The van der Waals surface area contributed by atoms with Crippen LogP contribution in [0.25, 0.3) is 0 Å². The van der Waals surface area contributed by atoms with E-state index in [-0.39, 0.29) is 5.91 Å². The molecule has 132 valence electrons. The van der Waals surface area contributed by atoms with Crippen molar-refractivity contribution in [2.24, 2.45) is 0 Å². The van der Waals surface area contributed by atoms with Gasteiger partial charge in [0.15, 0.2) is 0 Å². The number of nitrogens with one attached hydrogen (secondary N) is 1. The van der Waals surface area contributed by atoms with E-state index in [0.29, 0.717) is 12.2 Å². The highest BCUT2D eigenvalue weighted by Gasteiger charge is 2.16. The van der Waals surface area contributed by atoms with E-state index in [1.54, 1.807) is 13.2 Å². The van der Waals surface area contributed by atoms with E-state index in [2.05, 4.69) is 27.1 Å². The SMILES string of the molecule is COc1ccc(CNC(=O)c2cccc(N3CCN(C)CC3)n2)cc1. The largest absolute Gasteiger partial charge is 0.497 e. The first-order chi connectivity index (χ1) is 12.2. The smallest absolute Gasteiger partial charge is 0.270 e. The van der Waals surface area contributed by atoms with Crippen LogP contribution in [0.5, 0.6) is 5.75 Å². The first kappa shape index (κ1) is 17.2. The van der Waals surface area contributed by atoms with Crippen molar-refractivity contribution in [2.75, 3.05) is 45.2 Å². The summed E-state index contributed by atoms with van der Waals surface area (Å²) in [4.78, 5) is 21.5. The number of likely N-dealkylation sites (N-methyl/N-ethyl adjacent to an activating group) is 1. The Bertz CT molecular complexity index is 710. The van der Waals surface area contributed by atoms with Crippen molar-refractivity contribution in [2.45, 2.75) is 6.54 Å². The van der Waals surface area contributed by atoms with Crippen LogP contribution in [0.3, 0.4) is 0 Å². The maximum Gasteiger partial charge on any atom is 0.270 e. The highest BCUT2D eigenvalue weighted by molar-refractivity contribution is 5.92. The molecule has 0 spiro atoms. The summed E-state index contributed by atoms with van der Waals surface area (Å²) < 4.78 is 5.14. The number of carbonyl (C=O) groups is 1. The van der Waals surface area contributed by atoms with Gasteiger partial charge in [-0.05, 0) is 36.9 Å². The van der Waals surface area contributed by atoms with Crippen LogP contribution in [-0.4, -0.2) is 56.1 Å². The summed E-state index contributed by atoms with van der Waals surface area (Å²) >= 11 is 0. The molecule has 0 radical (unpaired) electrons. The van der Waals surface area contributed by atoms with Crippen LogP contribution in [-0.2, 0) is 6.54 Å². The van der Waals surface area contributed by atoms with Gasteiger partial charge < -0.3 is 19.9 Å². The average molecular weight is 340 g/mol. The molecule has 2 aromatic rings. The Morgan fingerprint density at radius 2 is 1.84 bits per heavy atom. The molecular formula is C19H24N4O2. The lowest BCUT2D eigenvalue weighted by Crippen LogP contribution is -2.45. The van der Waals surface area contributed by atoms with Crippen LogP contribution in [0.4, 0.5) is 5.82 Å². The molecule has 1 saturated heterocycles. The maximum atomic E-state index is 12.4. The molecule has 25 heavy (non-hydrogen) atoms. The lowest BCUT2D eigenvalue weighted by atomic mass is 10.2. The molecule has 1 aromatic carbocycles. The Hall–Kier alpha value is -2.60. The van der Waals surface area contributed by atoms with Gasteiger partial charge in [0.05, 0.1) is 7.11 Å². The molecule has 2 heterocycles. The molecule has 0 bridgehead atoms. The zero-order chi connectivity index (χ0) is 17.6. The number of benzene rings is 1. The standard InChI is InChI=1S/C19H24N4O2/c1-22-10-12-23(13-11-22)18-5-3-4-17(21-18)19(24)20-14-15-6-8-16(25-2)9-7-15/h3-9H,10-14H2,1-2H3,(H,20,24). The molecule has 3 rings (SSSR count). The van der Waals surface area contributed by atoms with E-state index in [4.69, 9.17) is 4.74 Å².